The normalized spacial score (nSPS) is 10.8. The Hall–Kier alpha value is -2.08. The summed E-state index contributed by atoms with van der Waals surface area (Å²) in [7, 11) is 0. The number of carbonyl (C=O) groups excluding carboxylic acids is 1. The molecule has 0 atom stereocenters. The van der Waals surface area contributed by atoms with Crippen molar-refractivity contribution in [2.24, 2.45) is 0 Å². The van der Waals surface area contributed by atoms with Crippen molar-refractivity contribution in [3.63, 3.8) is 0 Å². The molecule has 1 amide bonds. The number of halogens is 2. The number of anilines is 1. The maximum atomic E-state index is 12.6. The smallest absolute Gasteiger partial charge is 0.284 e. The number of thiazole rings is 1. The van der Waals surface area contributed by atoms with Crippen LogP contribution in [-0.4, -0.2) is 16.0 Å². The number of benzene rings is 2. The molecule has 3 rings (SSSR count). The number of rotatable bonds is 4. The quantitative estimate of drug-likeness (QED) is 0.526. The zero-order chi connectivity index (χ0) is 18.8. The van der Waals surface area contributed by atoms with Gasteiger partial charge in [0.15, 0.2) is 10.8 Å². The Balaban J connectivity index is 1.90. The molecule has 0 spiro atoms. The summed E-state index contributed by atoms with van der Waals surface area (Å²) in [6.45, 7) is 3.80. The lowest BCUT2D eigenvalue weighted by molar-refractivity contribution is 0.102. The molecule has 4 nitrogen and oxygen atoms in total. The molecule has 7 heteroatoms. The lowest BCUT2D eigenvalue weighted by Gasteiger charge is -2.12. The standard InChI is InChI=1S/C19H16Cl2N2O2S/c1-3-12-13(20)9-14(17(24)15(12)21)22-18(25)19-23-16(10(2)26-19)11-7-5-4-6-8-11/h4-9,24H,3H2,1-2H3,(H,22,25). The van der Waals surface area contributed by atoms with Crippen molar-refractivity contribution in [2.75, 3.05) is 5.32 Å². The Labute approximate surface area is 165 Å². The lowest BCUT2D eigenvalue weighted by Crippen LogP contribution is -2.12. The fourth-order valence-electron chi connectivity index (χ4n) is 2.60. The summed E-state index contributed by atoms with van der Waals surface area (Å²) in [5.41, 5.74) is 2.51. The Morgan fingerprint density at radius 3 is 2.62 bits per heavy atom. The summed E-state index contributed by atoms with van der Waals surface area (Å²) < 4.78 is 0. The highest BCUT2D eigenvalue weighted by molar-refractivity contribution is 7.14. The molecule has 0 aliphatic heterocycles. The van der Waals surface area contributed by atoms with Crippen LogP contribution in [0.5, 0.6) is 5.75 Å². The fourth-order valence-corrected chi connectivity index (χ4v) is 4.15. The number of nitrogens with zero attached hydrogens (tertiary/aromatic N) is 1. The largest absolute Gasteiger partial charge is 0.504 e. The first-order valence-corrected chi connectivity index (χ1v) is 9.53. The molecule has 0 unspecified atom stereocenters. The summed E-state index contributed by atoms with van der Waals surface area (Å²) in [4.78, 5) is 18.0. The molecule has 0 radical (unpaired) electrons. The van der Waals surface area contributed by atoms with E-state index >= 15 is 0 Å². The Morgan fingerprint density at radius 2 is 1.96 bits per heavy atom. The maximum absolute atomic E-state index is 12.6. The van der Waals surface area contributed by atoms with E-state index in [1.807, 2.05) is 44.2 Å². The van der Waals surface area contributed by atoms with Gasteiger partial charge in [0, 0.05) is 15.5 Å². The van der Waals surface area contributed by atoms with Crippen LogP contribution in [0.1, 0.15) is 27.2 Å². The molecule has 0 aliphatic rings. The van der Waals surface area contributed by atoms with Crippen LogP contribution >= 0.6 is 34.5 Å². The van der Waals surface area contributed by atoms with Crippen LogP contribution in [0.15, 0.2) is 36.4 Å². The number of hydrogen-bond acceptors (Lipinski definition) is 4. The summed E-state index contributed by atoms with van der Waals surface area (Å²) in [6, 6.07) is 11.2. The SMILES string of the molecule is CCc1c(Cl)cc(NC(=O)c2nc(-c3ccccc3)c(C)s2)c(O)c1Cl. The van der Waals surface area contributed by atoms with Crippen molar-refractivity contribution < 1.29 is 9.90 Å². The number of nitrogens with one attached hydrogen (secondary N) is 1. The number of aromatic nitrogens is 1. The third kappa shape index (κ3) is 3.56. The minimum atomic E-state index is -0.424. The fraction of sp³-hybridized carbons (Fsp3) is 0.158. The minimum Gasteiger partial charge on any atom is -0.504 e. The first kappa shape index (κ1) is 18.7. The predicted octanol–water partition coefficient (Wildman–Crippen LogP) is 5.95. The van der Waals surface area contributed by atoms with Crippen molar-refractivity contribution >= 4 is 46.1 Å². The number of amides is 1. The van der Waals surface area contributed by atoms with Crippen molar-refractivity contribution in [1.82, 2.24) is 4.98 Å². The summed E-state index contributed by atoms with van der Waals surface area (Å²) >= 11 is 13.6. The number of aromatic hydroxyl groups is 1. The van der Waals surface area contributed by atoms with Gasteiger partial charge < -0.3 is 10.4 Å². The number of phenols is 1. The third-order valence-electron chi connectivity index (χ3n) is 3.93. The van der Waals surface area contributed by atoms with Crippen molar-refractivity contribution in [3.05, 3.63) is 61.9 Å². The van der Waals surface area contributed by atoms with E-state index < -0.39 is 5.91 Å². The zero-order valence-corrected chi connectivity index (χ0v) is 16.5. The molecular weight excluding hydrogens is 391 g/mol. The van der Waals surface area contributed by atoms with Gasteiger partial charge in [0.05, 0.1) is 16.4 Å². The monoisotopic (exact) mass is 406 g/mol. The zero-order valence-electron chi connectivity index (χ0n) is 14.1. The summed E-state index contributed by atoms with van der Waals surface area (Å²) in [5.74, 6) is -0.621. The van der Waals surface area contributed by atoms with Gasteiger partial charge in [0.2, 0.25) is 0 Å². The molecule has 1 aromatic heterocycles. The molecule has 0 aliphatic carbocycles. The van der Waals surface area contributed by atoms with Crippen molar-refractivity contribution in [2.45, 2.75) is 20.3 Å². The van der Waals surface area contributed by atoms with Crippen LogP contribution in [0.3, 0.4) is 0 Å². The van der Waals surface area contributed by atoms with E-state index in [4.69, 9.17) is 23.2 Å². The molecule has 2 N–H and O–H groups in total. The first-order valence-electron chi connectivity index (χ1n) is 7.96. The van der Waals surface area contributed by atoms with Gasteiger partial charge in [-0.3, -0.25) is 4.79 Å². The number of hydrogen-bond donors (Lipinski definition) is 2. The second kappa shape index (κ2) is 7.66. The predicted molar refractivity (Wildman–Crippen MR) is 108 cm³/mol. The molecule has 0 saturated carbocycles. The highest BCUT2D eigenvalue weighted by Crippen LogP contribution is 2.40. The highest BCUT2D eigenvalue weighted by Gasteiger charge is 2.20. The van der Waals surface area contributed by atoms with Crippen molar-refractivity contribution in [3.8, 4) is 17.0 Å². The van der Waals surface area contributed by atoms with Gasteiger partial charge >= 0.3 is 0 Å². The minimum absolute atomic E-state index is 0.149. The Morgan fingerprint density at radius 1 is 1.27 bits per heavy atom. The summed E-state index contributed by atoms with van der Waals surface area (Å²) in [6.07, 6.45) is 0.575. The molecule has 0 bridgehead atoms. The van der Waals surface area contributed by atoms with Crippen molar-refractivity contribution in [1.29, 1.82) is 0 Å². The topological polar surface area (TPSA) is 62.2 Å². The van der Waals surface area contributed by atoms with E-state index in [9.17, 15) is 9.90 Å². The maximum Gasteiger partial charge on any atom is 0.284 e. The number of phenolic OH excluding ortho intramolecular Hbond substituents is 1. The molecule has 1 heterocycles. The third-order valence-corrected chi connectivity index (χ3v) is 5.64. The van der Waals surface area contributed by atoms with Crippen LogP contribution in [0.4, 0.5) is 5.69 Å². The Bertz CT molecular complexity index is 971. The van der Waals surface area contributed by atoms with E-state index in [1.54, 1.807) is 0 Å². The van der Waals surface area contributed by atoms with E-state index in [0.29, 0.717) is 22.0 Å². The van der Waals surface area contributed by atoms with Crippen LogP contribution < -0.4 is 5.32 Å². The lowest BCUT2D eigenvalue weighted by atomic mass is 10.1. The van der Waals surface area contributed by atoms with Gasteiger partial charge in [-0.2, -0.15) is 0 Å². The van der Waals surface area contributed by atoms with Gasteiger partial charge in [-0.1, -0.05) is 60.5 Å². The van der Waals surface area contributed by atoms with Crippen LogP contribution in [-0.2, 0) is 6.42 Å². The molecule has 3 aromatic rings. The second-order valence-electron chi connectivity index (χ2n) is 5.64. The summed E-state index contributed by atoms with van der Waals surface area (Å²) in [5, 5.41) is 13.7. The van der Waals surface area contributed by atoms with E-state index in [1.165, 1.54) is 17.4 Å². The molecule has 26 heavy (non-hydrogen) atoms. The average Bonchev–Trinajstić information content (AvgIpc) is 3.02. The highest BCUT2D eigenvalue weighted by atomic mass is 35.5. The molecule has 0 fully saturated rings. The average molecular weight is 407 g/mol. The van der Waals surface area contributed by atoms with Gasteiger partial charge in [-0.25, -0.2) is 4.98 Å². The van der Waals surface area contributed by atoms with Crippen LogP contribution in [0, 0.1) is 6.92 Å². The number of carbonyl (C=O) groups is 1. The van der Waals surface area contributed by atoms with Gasteiger partial charge in [0.25, 0.3) is 5.91 Å². The van der Waals surface area contributed by atoms with Crippen LogP contribution in [0.25, 0.3) is 11.3 Å². The molecule has 134 valence electrons. The second-order valence-corrected chi connectivity index (χ2v) is 7.63. The molecular formula is C19H16Cl2N2O2S. The van der Waals surface area contributed by atoms with Gasteiger partial charge in [0.1, 0.15) is 0 Å². The van der Waals surface area contributed by atoms with Crippen LogP contribution in [0.2, 0.25) is 10.0 Å². The van der Waals surface area contributed by atoms with Gasteiger partial charge in [-0.05, 0) is 25.0 Å². The molecule has 0 saturated heterocycles. The van der Waals surface area contributed by atoms with E-state index in [2.05, 4.69) is 10.3 Å². The van der Waals surface area contributed by atoms with E-state index in [-0.39, 0.29) is 16.5 Å². The molecule has 2 aromatic carbocycles. The first-order chi connectivity index (χ1) is 12.4. The Kier molecular flexibility index (Phi) is 5.51. The van der Waals surface area contributed by atoms with E-state index in [0.717, 1.165) is 16.1 Å². The van der Waals surface area contributed by atoms with Gasteiger partial charge in [-0.15, -0.1) is 11.3 Å². The number of aryl methyl sites for hydroxylation is 1.